The molecule has 2 rings (SSSR count). The average Bonchev–Trinajstić information content (AvgIpc) is 2.87. The zero-order valence-electron chi connectivity index (χ0n) is 13.4. The molecule has 1 N–H and O–H groups in total. The molecule has 1 aliphatic rings. The molecule has 0 spiro atoms. The van der Waals surface area contributed by atoms with E-state index in [0.717, 1.165) is 17.4 Å². The second kappa shape index (κ2) is 7.33. The summed E-state index contributed by atoms with van der Waals surface area (Å²) in [5, 5.41) is 5.18. The van der Waals surface area contributed by atoms with Gasteiger partial charge in [-0.3, -0.25) is 9.69 Å². The first-order valence-electron chi connectivity index (χ1n) is 7.77. The number of amides is 1. The van der Waals surface area contributed by atoms with Crippen molar-refractivity contribution in [1.29, 1.82) is 0 Å². The van der Waals surface area contributed by atoms with Gasteiger partial charge >= 0.3 is 0 Å². The van der Waals surface area contributed by atoms with Gasteiger partial charge in [-0.15, -0.1) is 11.3 Å². The molecule has 2 unspecified atom stereocenters. The van der Waals surface area contributed by atoms with Crippen LogP contribution in [0.15, 0.2) is 5.38 Å². The molecular weight excluding hydrogens is 284 g/mol. The van der Waals surface area contributed by atoms with Crippen LogP contribution in [0.1, 0.15) is 52.7 Å². The third-order valence-electron chi connectivity index (χ3n) is 4.10. The highest BCUT2D eigenvalue weighted by atomic mass is 32.1. The molecule has 1 amide bonds. The van der Waals surface area contributed by atoms with E-state index in [0.29, 0.717) is 18.6 Å². The number of thiazole rings is 1. The van der Waals surface area contributed by atoms with Crippen LogP contribution in [0.4, 0.5) is 5.13 Å². The van der Waals surface area contributed by atoms with Gasteiger partial charge in [-0.25, -0.2) is 15.4 Å². The fourth-order valence-corrected chi connectivity index (χ4v) is 3.83. The van der Waals surface area contributed by atoms with Crippen molar-refractivity contribution in [3.05, 3.63) is 11.1 Å². The molecule has 0 radical (unpaired) electrons. The van der Waals surface area contributed by atoms with Gasteiger partial charge < -0.3 is 0 Å². The number of carbonyl (C=O) groups is 1. The third kappa shape index (κ3) is 4.02. The van der Waals surface area contributed by atoms with Gasteiger partial charge in [0.15, 0.2) is 5.13 Å². The van der Waals surface area contributed by atoms with E-state index >= 15 is 0 Å². The van der Waals surface area contributed by atoms with Crippen molar-refractivity contribution in [2.45, 2.75) is 65.6 Å². The molecule has 1 saturated heterocycles. The lowest BCUT2D eigenvalue weighted by molar-refractivity contribution is -0.116. The summed E-state index contributed by atoms with van der Waals surface area (Å²) in [5.74, 6) is 0.0460. The molecule has 2 atom stereocenters. The molecule has 0 aromatic carbocycles. The lowest BCUT2D eigenvalue weighted by Crippen LogP contribution is -2.51. The maximum Gasteiger partial charge on any atom is 0.225 e. The largest absolute Gasteiger partial charge is 0.289 e. The number of aromatic nitrogens is 1. The van der Waals surface area contributed by atoms with Crippen LogP contribution in [0.5, 0.6) is 0 Å². The molecule has 0 bridgehead atoms. The fourth-order valence-electron chi connectivity index (χ4n) is 2.90. The molecule has 6 heteroatoms. The molecule has 118 valence electrons. The first kappa shape index (κ1) is 16.4. The zero-order valence-corrected chi connectivity index (χ0v) is 14.2. The van der Waals surface area contributed by atoms with Crippen molar-refractivity contribution < 1.29 is 4.79 Å². The highest BCUT2D eigenvalue weighted by molar-refractivity contribution is 7.14. The maximum atomic E-state index is 11.5. The Morgan fingerprint density at radius 3 is 2.71 bits per heavy atom. The van der Waals surface area contributed by atoms with Crippen molar-refractivity contribution in [2.75, 3.05) is 11.4 Å². The summed E-state index contributed by atoms with van der Waals surface area (Å²) < 4.78 is 0. The monoisotopic (exact) mass is 310 g/mol. The number of hydrogen-bond acceptors (Lipinski definition) is 5. The number of hydrogen-bond donors (Lipinski definition) is 1. The van der Waals surface area contributed by atoms with Gasteiger partial charge in [-0.05, 0) is 33.6 Å². The number of anilines is 1. The molecular formula is C15H26N4OS. The Morgan fingerprint density at radius 1 is 1.48 bits per heavy atom. The number of nitrogens with one attached hydrogen (secondary N) is 1. The summed E-state index contributed by atoms with van der Waals surface area (Å²) in [6.45, 7) is 9.47. The summed E-state index contributed by atoms with van der Waals surface area (Å²) in [7, 11) is 0. The number of piperidine rings is 1. The number of rotatable bonds is 5. The Balaban J connectivity index is 1.95. The smallest absolute Gasteiger partial charge is 0.225 e. The topological polar surface area (TPSA) is 48.5 Å². The van der Waals surface area contributed by atoms with Crippen molar-refractivity contribution >= 4 is 22.4 Å². The SMILES string of the molecule is CCN(C(C)=O)c1nc(CNN2C(C)CCCC2C)cs1. The highest BCUT2D eigenvalue weighted by Crippen LogP contribution is 2.22. The van der Waals surface area contributed by atoms with Gasteiger partial charge in [0.25, 0.3) is 0 Å². The van der Waals surface area contributed by atoms with E-state index in [9.17, 15) is 4.79 Å². The third-order valence-corrected chi connectivity index (χ3v) is 5.02. The fraction of sp³-hybridized carbons (Fsp3) is 0.733. The van der Waals surface area contributed by atoms with Crippen LogP contribution in [0.3, 0.4) is 0 Å². The molecule has 1 aromatic heterocycles. The standard InChI is InChI=1S/C15H26N4OS/c1-5-18(13(4)20)15-17-14(10-21-15)9-16-19-11(2)7-6-8-12(19)3/h10-12,16H,5-9H2,1-4H3. The normalized spacial score (nSPS) is 23.2. The zero-order chi connectivity index (χ0) is 15.4. The second-order valence-electron chi connectivity index (χ2n) is 5.76. The predicted molar refractivity (Wildman–Crippen MR) is 87.3 cm³/mol. The quantitative estimate of drug-likeness (QED) is 0.908. The number of nitrogens with zero attached hydrogens (tertiary/aromatic N) is 3. The van der Waals surface area contributed by atoms with E-state index in [1.165, 1.54) is 30.6 Å². The first-order chi connectivity index (χ1) is 10.0. The van der Waals surface area contributed by atoms with Crippen LogP contribution in [-0.2, 0) is 11.3 Å². The average molecular weight is 310 g/mol. The molecule has 1 aromatic rings. The first-order valence-corrected chi connectivity index (χ1v) is 8.65. The summed E-state index contributed by atoms with van der Waals surface area (Å²) in [4.78, 5) is 17.8. The Labute approximate surface area is 131 Å². The van der Waals surface area contributed by atoms with Gasteiger partial charge in [0.1, 0.15) is 0 Å². The van der Waals surface area contributed by atoms with Crippen LogP contribution >= 0.6 is 11.3 Å². The van der Waals surface area contributed by atoms with E-state index in [4.69, 9.17) is 0 Å². The number of hydrazine groups is 1. The molecule has 0 saturated carbocycles. The van der Waals surface area contributed by atoms with E-state index in [2.05, 4.69) is 29.3 Å². The molecule has 0 aliphatic carbocycles. The minimum absolute atomic E-state index is 0.0460. The summed E-state index contributed by atoms with van der Waals surface area (Å²) >= 11 is 1.53. The van der Waals surface area contributed by atoms with E-state index in [-0.39, 0.29) is 5.91 Å². The summed E-state index contributed by atoms with van der Waals surface area (Å²) in [5.41, 5.74) is 4.51. The van der Waals surface area contributed by atoms with Gasteiger partial charge in [-0.2, -0.15) is 0 Å². The van der Waals surface area contributed by atoms with Crippen molar-refractivity contribution in [1.82, 2.24) is 15.4 Å². The predicted octanol–water partition coefficient (Wildman–Crippen LogP) is 2.78. The minimum atomic E-state index is 0.0460. The molecule has 21 heavy (non-hydrogen) atoms. The molecule has 5 nitrogen and oxygen atoms in total. The Morgan fingerprint density at radius 2 is 2.14 bits per heavy atom. The van der Waals surface area contributed by atoms with Gasteiger partial charge in [0.05, 0.1) is 12.2 Å². The van der Waals surface area contributed by atoms with Gasteiger partial charge in [-0.1, -0.05) is 6.42 Å². The Hall–Kier alpha value is -0.980. The van der Waals surface area contributed by atoms with Crippen LogP contribution < -0.4 is 10.3 Å². The van der Waals surface area contributed by atoms with Crippen LogP contribution in [-0.4, -0.2) is 34.5 Å². The lowest BCUT2D eigenvalue weighted by atomic mass is 10.00. The van der Waals surface area contributed by atoms with E-state index in [1.807, 2.05) is 12.3 Å². The van der Waals surface area contributed by atoms with Crippen molar-refractivity contribution in [3.8, 4) is 0 Å². The van der Waals surface area contributed by atoms with E-state index in [1.54, 1.807) is 11.8 Å². The lowest BCUT2D eigenvalue weighted by Gasteiger charge is -2.39. The Kier molecular flexibility index (Phi) is 5.72. The Bertz CT molecular complexity index is 466. The van der Waals surface area contributed by atoms with Crippen molar-refractivity contribution in [2.24, 2.45) is 0 Å². The maximum absolute atomic E-state index is 11.5. The highest BCUT2D eigenvalue weighted by Gasteiger charge is 2.24. The molecule has 2 heterocycles. The van der Waals surface area contributed by atoms with Crippen molar-refractivity contribution in [3.63, 3.8) is 0 Å². The van der Waals surface area contributed by atoms with E-state index < -0.39 is 0 Å². The summed E-state index contributed by atoms with van der Waals surface area (Å²) in [6, 6.07) is 1.13. The molecule has 1 fully saturated rings. The number of carbonyl (C=O) groups excluding carboxylic acids is 1. The van der Waals surface area contributed by atoms with Crippen LogP contribution in [0.25, 0.3) is 0 Å². The minimum Gasteiger partial charge on any atom is -0.289 e. The second-order valence-corrected chi connectivity index (χ2v) is 6.59. The van der Waals surface area contributed by atoms with Crippen LogP contribution in [0, 0.1) is 0 Å². The van der Waals surface area contributed by atoms with Gasteiger partial charge in [0.2, 0.25) is 5.91 Å². The summed E-state index contributed by atoms with van der Waals surface area (Å²) in [6.07, 6.45) is 3.80. The molecule has 1 aliphatic heterocycles. The van der Waals surface area contributed by atoms with Gasteiger partial charge in [0, 0.05) is 30.9 Å². The van der Waals surface area contributed by atoms with Crippen LogP contribution in [0.2, 0.25) is 0 Å².